The second-order valence-corrected chi connectivity index (χ2v) is 19.6. The van der Waals surface area contributed by atoms with E-state index in [1.54, 1.807) is 11.0 Å². The lowest BCUT2D eigenvalue weighted by atomic mass is 9.91. The maximum Gasteiger partial charge on any atom is 0.312 e. The summed E-state index contributed by atoms with van der Waals surface area (Å²) in [5.74, 6) is -1.81. The summed E-state index contributed by atoms with van der Waals surface area (Å²) in [6.45, 7) is 18.8. The Kier molecular flexibility index (Phi) is 12.6. The van der Waals surface area contributed by atoms with Gasteiger partial charge in [-0.3, -0.25) is 19.2 Å². The van der Waals surface area contributed by atoms with Gasteiger partial charge < -0.3 is 18.8 Å². The number of rotatable bonds is 17. The number of allylic oxidation sites excluding steroid dienone is 2. The minimum atomic E-state index is -2.20. The van der Waals surface area contributed by atoms with E-state index in [1.807, 2.05) is 6.08 Å². The number of carbonyl (C=O) groups is 4. The van der Waals surface area contributed by atoms with Crippen LogP contribution in [0.25, 0.3) is 0 Å². The summed E-state index contributed by atoms with van der Waals surface area (Å²) < 4.78 is 17.6. The van der Waals surface area contributed by atoms with Crippen LogP contribution in [-0.2, 0) is 33.1 Å². The number of ether oxygens (including phenoxy) is 2. The molecular formula is C35H57NO7Si. The van der Waals surface area contributed by atoms with Gasteiger partial charge in [0.15, 0.2) is 14.1 Å². The predicted octanol–water partition coefficient (Wildman–Crippen LogP) is 6.93. The first-order valence-corrected chi connectivity index (χ1v) is 19.6. The van der Waals surface area contributed by atoms with Gasteiger partial charge >= 0.3 is 11.9 Å². The molecule has 0 N–H and O–H groups in total. The van der Waals surface area contributed by atoms with E-state index < -0.39 is 31.7 Å². The Morgan fingerprint density at radius 3 is 2.30 bits per heavy atom. The van der Waals surface area contributed by atoms with Crippen LogP contribution in [0, 0.1) is 17.3 Å². The number of ketones is 1. The van der Waals surface area contributed by atoms with E-state index >= 15 is 0 Å². The molecule has 2 aliphatic carbocycles. The molecule has 44 heavy (non-hydrogen) atoms. The number of nitrogens with zero attached hydrogens (tertiary/aromatic N) is 1. The van der Waals surface area contributed by atoms with Crippen LogP contribution >= 0.6 is 0 Å². The average Bonchev–Trinajstić information content (AvgIpc) is 3.24. The lowest BCUT2D eigenvalue weighted by Gasteiger charge is -2.38. The first kappa shape index (κ1) is 36.2. The van der Waals surface area contributed by atoms with Crippen molar-refractivity contribution in [1.29, 1.82) is 0 Å². The van der Waals surface area contributed by atoms with E-state index in [0.29, 0.717) is 25.8 Å². The number of esters is 2. The van der Waals surface area contributed by atoms with E-state index in [1.165, 1.54) is 7.11 Å². The molecule has 8 nitrogen and oxygen atoms in total. The molecule has 0 radical (unpaired) electrons. The zero-order valence-corrected chi connectivity index (χ0v) is 29.2. The number of amides is 1. The first-order valence-electron chi connectivity index (χ1n) is 16.7. The van der Waals surface area contributed by atoms with Crippen LogP contribution in [0.15, 0.2) is 25.3 Å². The molecule has 9 heteroatoms. The average molecular weight is 632 g/mol. The van der Waals surface area contributed by atoms with Crippen molar-refractivity contribution in [2.24, 2.45) is 17.3 Å². The number of hydrogen-bond donors (Lipinski definition) is 0. The summed E-state index contributed by atoms with van der Waals surface area (Å²) in [4.78, 5) is 55.9. The summed E-state index contributed by atoms with van der Waals surface area (Å²) in [6, 6.07) is -0.723. The molecule has 1 amide bonds. The minimum Gasteiger partial charge on any atom is -0.469 e. The van der Waals surface area contributed by atoms with Gasteiger partial charge in [-0.05, 0) is 75.4 Å². The Balaban J connectivity index is 1.84. The van der Waals surface area contributed by atoms with Crippen LogP contribution in [0.1, 0.15) is 104 Å². The van der Waals surface area contributed by atoms with Gasteiger partial charge in [-0.1, -0.05) is 45.8 Å². The predicted molar refractivity (Wildman–Crippen MR) is 174 cm³/mol. The number of methoxy groups -OCH3 is 1. The minimum absolute atomic E-state index is 0.00639. The van der Waals surface area contributed by atoms with Crippen LogP contribution in [-0.4, -0.2) is 68.8 Å². The van der Waals surface area contributed by atoms with Crippen LogP contribution in [0.5, 0.6) is 0 Å². The highest BCUT2D eigenvalue weighted by molar-refractivity contribution is 6.74. The lowest BCUT2D eigenvalue weighted by molar-refractivity contribution is -0.154. The highest BCUT2D eigenvalue weighted by Gasteiger charge is 2.61. The fraction of sp³-hybridized carbons (Fsp3) is 0.771. The first-order chi connectivity index (χ1) is 20.7. The molecule has 3 rings (SSSR count). The van der Waals surface area contributed by atoms with Crippen molar-refractivity contribution in [3.05, 3.63) is 25.3 Å². The van der Waals surface area contributed by atoms with Crippen molar-refractivity contribution < 1.29 is 33.1 Å². The van der Waals surface area contributed by atoms with E-state index in [9.17, 15) is 19.2 Å². The molecule has 1 heterocycles. The summed E-state index contributed by atoms with van der Waals surface area (Å²) >= 11 is 0. The number of unbranched alkanes of at least 4 members (excludes halogenated alkanes) is 3. The van der Waals surface area contributed by atoms with Crippen molar-refractivity contribution in [1.82, 2.24) is 4.90 Å². The van der Waals surface area contributed by atoms with Crippen LogP contribution < -0.4 is 0 Å². The summed E-state index contributed by atoms with van der Waals surface area (Å²) in [5.41, 5.74) is -0.920. The van der Waals surface area contributed by atoms with Gasteiger partial charge in [0.2, 0.25) is 5.91 Å². The van der Waals surface area contributed by atoms with E-state index in [-0.39, 0.29) is 53.7 Å². The van der Waals surface area contributed by atoms with Crippen molar-refractivity contribution in [3.63, 3.8) is 0 Å². The second kappa shape index (κ2) is 15.3. The molecule has 1 saturated heterocycles. The maximum absolute atomic E-state index is 14.4. The second-order valence-electron chi connectivity index (χ2n) is 14.8. The molecule has 0 unspecified atom stereocenters. The number of hydrogen-bond acceptors (Lipinski definition) is 7. The van der Waals surface area contributed by atoms with Crippen molar-refractivity contribution >= 4 is 31.9 Å². The highest BCUT2D eigenvalue weighted by Crippen LogP contribution is 2.57. The van der Waals surface area contributed by atoms with Crippen molar-refractivity contribution in [2.45, 2.75) is 141 Å². The summed E-state index contributed by atoms with van der Waals surface area (Å²) in [6.07, 6.45) is 12.1. The molecule has 5 atom stereocenters. The molecule has 248 valence electrons. The molecule has 0 aromatic heterocycles. The summed E-state index contributed by atoms with van der Waals surface area (Å²) in [7, 11) is -0.862. The SMILES string of the molecule is C=CCCCCC[C@H](CC(=O)OC1CCCC1)C(=O)N1C[C@H](O[Si](C)(C)C(C)(C)C)C[C@H]1C(=O)C[C@]1(C(=O)OC)C[C@H]1C=C. The molecule has 0 aromatic carbocycles. The van der Waals surface area contributed by atoms with Gasteiger partial charge in [0, 0.05) is 25.3 Å². The molecule has 0 spiro atoms. The molecule has 1 aliphatic heterocycles. The largest absolute Gasteiger partial charge is 0.469 e. The van der Waals surface area contributed by atoms with Crippen LogP contribution in [0.2, 0.25) is 18.1 Å². The van der Waals surface area contributed by atoms with Gasteiger partial charge in [-0.25, -0.2) is 0 Å². The van der Waals surface area contributed by atoms with Gasteiger partial charge in [0.25, 0.3) is 0 Å². The molecular weight excluding hydrogens is 574 g/mol. The molecule has 0 bridgehead atoms. The Morgan fingerprint density at radius 2 is 1.73 bits per heavy atom. The molecule has 3 fully saturated rings. The zero-order chi connectivity index (χ0) is 32.7. The zero-order valence-electron chi connectivity index (χ0n) is 28.2. The highest BCUT2D eigenvalue weighted by atomic mass is 28.4. The fourth-order valence-corrected chi connectivity index (χ4v) is 8.01. The van der Waals surface area contributed by atoms with Gasteiger partial charge in [-0.15, -0.1) is 13.2 Å². The smallest absolute Gasteiger partial charge is 0.312 e. The Labute approximate surface area is 266 Å². The fourth-order valence-electron chi connectivity index (χ4n) is 6.65. The third kappa shape index (κ3) is 8.92. The third-order valence-corrected chi connectivity index (χ3v) is 15.0. The number of likely N-dealkylation sites (tertiary alicyclic amines) is 1. The van der Waals surface area contributed by atoms with Gasteiger partial charge in [-0.2, -0.15) is 0 Å². The van der Waals surface area contributed by atoms with E-state index in [4.69, 9.17) is 13.9 Å². The Bertz CT molecular complexity index is 1060. The van der Waals surface area contributed by atoms with Crippen molar-refractivity contribution in [3.8, 4) is 0 Å². The standard InChI is InChI=1S/C35H57NO7Si/c1-9-11-12-13-14-17-25(20-31(38)42-27-18-15-16-19-27)32(39)36-24-28(43-44(7,8)34(3,4)5)21-29(36)30(37)23-35(33(40)41-6)22-26(35)10-2/h9-10,25-29H,1-2,11-24H2,3-8H3/t25-,26-,28-,29+,35-/m1/s1. The lowest BCUT2D eigenvalue weighted by Crippen LogP contribution is -2.46. The summed E-state index contributed by atoms with van der Waals surface area (Å²) in [5, 5.41) is -0.0396. The van der Waals surface area contributed by atoms with E-state index in [0.717, 1.165) is 51.4 Å². The van der Waals surface area contributed by atoms with Crippen LogP contribution in [0.3, 0.4) is 0 Å². The maximum atomic E-state index is 14.4. The molecule has 0 aromatic rings. The third-order valence-electron chi connectivity index (χ3n) is 10.5. The topological polar surface area (TPSA) is 99.2 Å². The van der Waals surface area contributed by atoms with Gasteiger partial charge in [0.05, 0.1) is 31.1 Å². The Morgan fingerprint density at radius 1 is 1.05 bits per heavy atom. The van der Waals surface area contributed by atoms with Crippen molar-refractivity contribution in [2.75, 3.05) is 13.7 Å². The molecule has 2 saturated carbocycles. The Hall–Kier alpha value is -2.26. The number of carbonyl (C=O) groups excluding carboxylic acids is 4. The normalized spacial score (nSPS) is 26.2. The van der Waals surface area contributed by atoms with Gasteiger partial charge in [0.1, 0.15) is 6.10 Å². The van der Waals surface area contributed by atoms with E-state index in [2.05, 4.69) is 47.0 Å². The monoisotopic (exact) mass is 631 g/mol. The quantitative estimate of drug-likeness (QED) is 0.0743. The van der Waals surface area contributed by atoms with Crippen LogP contribution in [0.4, 0.5) is 0 Å². The number of Topliss-reactive ketones (excluding diaryl/α,β-unsaturated/α-hetero) is 1. The molecule has 3 aliphatic rings.